The second-order valence-corrected chi connectivity index (χ2v) is 9.12. The number of benzene rings is 2. The molecule has 4 rings (SSSR count). The normalized spacial score (nSPS) is 11.7. The molecule has 1 amide bonds. The lowest BCUT2D eigenvalue weighted by molar-refractivity contribution is -0.147. The Hall–Kier alpha value is -3.53. The van der Waals surface area contributed by atoms with Crippen molar-refractivity contribution in [2.45, 2.75) is 43.3 Å². The van der Waals surface area contributed by atoms with Gasteiger partial charge >= 0.3 is 6.18 Å². The Balaban J connectivity index is 1.53. The van der Waals surface area contributed by atoms with Crippen molar-refractivity contribution in [2.75, 3.05) is 5.32 Å². The molecule has 34 heavy (non-hydrogen) atoms. The van der Waals surface area contributed by atoms with Crippen LogP contribution in [0.25, 0.3) is 5.65 Å². The van der Waals surface area contributed by atoms with E-state index in [1.165, 1.54) is 23.3 Å². The van der Waals surface area contributed by atoms with E-state index in [9.17, 15) is 22.8 Å². The monoisotopic (exact) mass is 486 g/mol. The van der Waals surface area contributed by atoms with Gasteiger partial charge in [-0.3, -0.25) is 14.2 Å². The third-order valence-corrected chi connectivity index (χ3v) is 6.27. The molecule has 0 atom stereocenters. The molecule has 0 saturated heterocycles. The Bertz CT molecular complexity index is 1440. The number of aryl methyl sites for hydroxylation is 3. The zero-order valence-electron chi connectivity index (χ0n) is 18.6. The molecule has 0 aliphatic carbocycles. The first kappa shape index (κ1) is 23.6. The van der Waals surface area contributed by atoms with Gasteiger partial charge in [0.05, 0.1) is 0 Å². The van der Waals surface area contributed by atoms with Crippen molar-refractivity contribution in [3.63, 3.8) is 0 Å². The SMILES string of the molecule is Cc1cc(=O)n2nc(C(F)(F)F)n(CC(=O)Nc3ccc(Sc4ccc(C)c(C)c4)cc3)c2c1. The Morgan fingerprint density at radius 1 is 0.971 bits per heavy atom. The van der Waals surface area contributed by atoms with Gasteiger partial charge < -0.3 is 5.32 Å². The third-order valence-electron chi connectivity index (χ3n) is 5.27. The number of carbonyl (C=O) groups excluding carboxylic acids is 1. The maximum absolute atomic E-state index is 13.5. The average molecular weight is 487 g/mol. The number of rotatable bonds is 5. The lowest BCUT2D eigenvalue weighted by Crippen LogP contribution is -2.23. The number of nitrogens with one attached hydrogen (secondary N) is 1. The molecular formula is C24H21F3N4O2S. The predicted octanol–water partition coefficient (Wildman–Crippen LogP) is 5.23. The van der Waals surface area contributed by atoms with Crippen molar-refractivity contribution < 1.29 is 18.0 Å². The van der Waals surface area contributed by atoms with Crippen LogP contribution in [0.4, 0.5) is 18.9 Å². The summed E-state index contributed by atoms with van der Waals surface area (Å²) in [6, 6.07) is 15.8. The zero-order chi connectivity index (χ0) is 24.6. The molecule has 2 aromatic heterocycles. The molecule has 0 fully saturated rings. The van der Waals surface area contributed by atoms with Gasteiger partial charge in [0.2, 0.25) is 11.7 Å². The number of nitrogens with zero attached hydrogens (tertiary/aromatic N) is 3. The molecule has 0 aliphatic heterocycles. The average Bonchev–Trinajstić information content (AvgIpc) is 3.11. The first-order valence-corrected chi connectivity index (χ1v) is 11.2. The Morgan fingerprint density at radius 3 is 2.29 bits per heavy atom. The molecular weight excluding hydrogens is 465 g/mol. The highest BCUT2D eigenvalue weighted by Crippen LogP contribution is 2.31. The van der Waals surface area contributed by atoms with Crippen LogP contribution in [0, 0.1) is 20.8 Å². The zero-order valence-corrected chi connectivity index (χ0v) is 19.4. The molecule has 0 saturated carbocycles. The van der Waals surface area contributed by atoms with Crippen LogP contribution in [0.5, 0.6) is 0 Å². The fourth-order valence-electron chi connectivity index (χ4n) is 3.45. The summed E-state index contributed by atoms with van der Waals surface area (Å²) < 4.78 is 42.0. The molecule has 0 bridgehead atoms. The second kappa shape index (κ2) is 9.02. The second-order valence-electron chi connectivity index (χ2n) is 7.97. The summed E-state index contributed by atoms with van der Waals surface area (Å²) in [5.74, 6) is -1.99. The quantitative estimate of drug-likeness (QED) is 0.420. The van der Waals surface area contributed by atoms with E-state index in [4.69, 9.17) is 0 Å². The highest BCUT2D eigenvalue weighted by Gasteiger charge is 2.38. The number of hydrogen-bond acceptors (Lipinski definition) is 4. The lowest BCUT2D eigenvalue weighted by atomic mass is 10.1. The van der Waals surface area contributed by atoms with Crippen molar-refractivity contribution in [1.82, 2.24) is 14.2 Å². The van der Waals surface area contributed by atoms with E-state index in [1.807, 2.05) is 32.0 Å². The molecule has 6 nitrogen and oxygen atoms in total. The van der Waals surface area contributed by atoms with Gasteiger partial charge in [0, 0.05) is 21.5 Å². The van der Waals surface area contributed by atoms with E-state index in [1.54, 1.807) is 30.8 Å². The number of halogens is 3. The molecule has 0 aliphatic rings. The van der Waals surface area contributed by atoms with Crippen molar-refractivity contribution in [2.24, 2.45) is 0 Å². The summed E-state index contributed by atoms with van der Waals surface area (Å²) in [5.41, 5.74) is 2.51. The van der Waals surface area contributed by atoms with Crippen molar-refractivity contribution in [3.05, 3.63) is 87.5 Å². The first-order valence-electron chi connectivity index (χ1n) is 10.3. The molecule has 2 aromatic carbocycles. The smallest absolute Gasteiger partial charge is 0.325 e. The van der Waals surface area contributed by atoms with Crippen LogP contribution in [0.1, 0.15) is 22.5 Å². The Labute approximate surface area is 197 Å². The van der Waals surface area contributed by atoms with E-state index in [2.05, 4.69) is 22.5 Å². The molecule has 0 radical (unpaired) electrons. The summed E-state index contributed by atoms with van der Waals surface area (Å²) in [4.78, 5) is 26.7. The predicted molar refractivity (Wildman–Crippen MR) is 124 cm³/mol. The van der Waals surface area contributed by atoms with Crippen LogP contribution in [0.3, 0.4) is 0 Å². The largest absolute Gasteiger partial charge is 0.451 e. The third kappa shape index (κ3) is 5.01. The molecule has 1 N–H and O–H groups in total. The number of pyridine rings is 1. The van der Waals surface area contributed by atoms with E-state index in [0.717, 1.165) is 9.79 Å². The first-order chi connectivity index (χ1) is 16.0. The van der Waals surface area contributed by atoms with Gasteiger partial charge in [-0.05, 0) is 79.9 Å². The molecule has 0 unspecified atom stereocenters. The number of aromatic nitrogens is 3. The van der Waals surface area contributed by atoms with Crippen molar-refractivity contribution in [3.8, 4) is 0 Å². The molecule has 4 aromatic rings. The molecule has 0 spiro atoms. The summed E-state index contributed by atoms with van der Waals surface area (Å²) in [6.07, 6.45) is -4.83. The number of alkyl halides is 3. The van der Waals surface area contributed by atoms with Gasteiger partial charge in [-0.1, -0.05) is 17.8 Å². The van der Waals surface area contributed by atoms with Gasteiger partial charge in [0.1, 0.15) is 12.2 Å². The molecule has 2 heterocycles. The van der Waals surface area contributed by atoms with Crippen LogP contribution in [0.15, 0.2) is 69.2 Å². The minimum absolute atomic E-state index is 0.104. The number of fused-ring (bicyclic) bond motifs is 1. The van der Waals surface area contributed by atoms with Gasteiger partial charge in [-0.2, -0.15) is 17.7 Å². The number of carbonyl (C=O) groups is 1. The number of hydrogen-bond donors (Lipinski definition) is 1. The summed E-state index contributed by atoms with van der Waals surface area (Å²) in [5, 5.41) is 6.02. The summed E-state index contributed by atoms with van der Waals surface area (Å²) in [6.45, 7) is 5.03. The van der Waals surface area contributed by atoms with Crippen LogP contribution in [-0.4, -0.2) is 20.1 Å². The minimum atomic E-state index is -4.83. The maximum atomic E-state index is 13.5. The minimum Gasteiger partial charge on any atom is -0.325 e. The van der Waals surface area contributed by atoms with E-state index in [0.29, 0.717) is 20.3 Å². The van der Waals surface area contributed by atoms with Crippen LogP contribution in [-0.2, 0) is 17.5 Å². The Kier molecular flexibility index (Phi) is 6.26. The summed E-state index contributed by atoms with van der Waals surface area (Å²) in [7, 11) is 0. The fourth-order valence-corrected chi connectivity index (χ4v) is 4.37. The van der Waals surface area contributed by atoms with Crippen molar-refractivity contribution >= 4 is 29.0 Å². The number of amides is 1. The van der Waals surface area contributed by atoms with Crippen LogP contribution < -0.4 is 10.9 Å². The fraction of sp³-hybridized carbons (Fsp3) is 0.208. The van der Waals surface area contributed by atoms with Gasteiger partial charge in [0.15, 0.2) is 0 Å². The summed E-state index contributed by atoms with van der Waals surface area (Å²) >= 11 is 1.57. The standard InChI is InChI=1S/C24H21F3N4O2S/c1-14-10-21-30(23(24(25,26)27)29-31(21)22(33)11-14)13-20(32)28-17-5-8-18(9-6-17)34-19-7-4-15(2)16(3)12-19/h4-12H,13H2,1-3H3,(H,28,32). The highest BCUT2D eigenvalue weighted by molar-refractivity contribution is 7.99. The van der Waals surface area contributed by atoms with Crippen molar-refractivity contribution in [1.29, 1.82) is 0 Å². The van der Waals surface area contributed by atoms with E-state index in [-0.39, 0.29) is 5.65 Å². The van der Waals surface area contributed by atoms with Gasteiger partial charge in [0.25, 0.3) is 5.56 Å². The number of anilines is 1. The molecule has 176 valence electrons. The van der Waals surface area contributed by atoms with Gasteiger partial charge in [-0.25, -0.2) is 0 Å². The topological polar surface area (TPSA) is 68.4 Å². The van der Waals surface area contributed by atoms with E-state index < -0.39 is 30.0 Å². The van der Waals surface area contributed by atoms with Crippen LogP contribution >= 0.6 is 11.8 Å². The van der Waals surface area contributed by atoms with E-state index >= 15 is 0 Å². The lowest BCUT2D eigenvalue weighted by Gasteiger charge is -2.11. The Morgan fingerprint density at radius 2 is 1.65 bits per heavy atom. The maximum Gasteiger partial charge on any atom is 0.451 e. The van der Waals surface area contributed by atoms with Gasteiger partial charge in [-0.15, -0.1) is 5.10 Å². The highest BCUT2D eigenvalue weighted by atomic mass is 32.2. The molecule has 10 heteroatoms. The van der Waals surface area contributed by atoms with Crippen LogP contribution in [0.2, 0.25) is 0 Å².